The lowest BCUT2D eigenvalue weighted by molar-refractivity contribution is 0.185. The second-order valence-electron chi connectivity index (χ2n) is 2.88. The molecule has 4 nitrogen and oxygen atoms in total. The number of aromatic nitrogens is 2. The Kier molecular flexibility index (Phi) is 1.91. The molecule has 1 fully saturated rings. The highest BCUT2D eigenvalue weighted by Gasteiger charge is 2.22. The van der Waals surface area contributed by atoms with Crippen molar-refractivity contribution in [3.05, 3.63) is 18.6 Å². The van der Waals surface area contributed by atoms with Crippen LogP contribution in [0, 0.1) is 0 Å². The van der Waals surface area contributed by atoms with Crippen molar-refractivity contribution in [1.29, 1.82) is 0 Å². The Bertz CT molecular complexity index is 252. The molecule has 4 heteroatoms. The summed E-state index contributed by atoms with van der Waals surface area (Å²) in [5.41, 5.74) is 0. The molecule has 0 spiro atoms. The lowest BCUT2D eigenvalue weighted by atomic mass is 10.4. The Morgan fingerprint density at radius 1 is 1.58 bits per heavy atom. The van der Waals surface area contributed by atoms with Gasteiger partial charge in [-0.05, 0) is 18.9 Å². The summed E-state index contributed by atoms with van der Waals surface area (Å²) in [6.07, 6.45) is 4.70. The molecule has 0 bridgehead atoms. The Labute approximate surface area is 70.9 Å². The molecule has 64 valence electrons. The first kappa shape index (κ1) is 7.49. The van der Waals surface area contributed by atoms with Gasteiger partial charge in [-0.15, -0.1) is 0 Å². The van der Waals surface area contributed by atoms with E-state index in [1.165, 1.54) is 6.33 Å². The SMILES string of the molecule is OC1CCCN1c1ccncn1. The average Bonchev–Trinajstić information content (AvgIpc) is 2.53. The van der Waals surface area contributed by atoms with Crippen LogP contribution in [0.15, 0.2) is 18.6 Å². The summed E-state index contributed by atoms with van der Waals surface area (Å²) in [6, 6.07) is 1.81. The van der Waals surface area contributed by atoms with Crippen molar-refractivity contribution in [2.75, 3.05) is 11.4 Å². The molecule has 1 aromatic rings. The molecule has 12 heavy (non-hydrogen) atoms. The van der Waals surface area contributed by atoms with Gasteiger partial charge in [0.2, 0.25) is 0 Å². The highest BCUT2D eigenvalue weighted by atomic mass is 16.3. The summed E-state index contributed by atoms with van der Waals surface area (Å²) in [4.78, 5) is 9.78. The number of nitrogens with zero attached hydrogens (tertiary/aromatic N) is 3. The monoisotopic (exact) mass is 165 g/mol. The summed E-state index contributed by atoms with van der Waals surface area (Å²) < 4.78 is 0. The number of hydrogen-bond donors (Lipinski definition) is 1. The fraction of sp³-hybridized carbons (Fsp3) is 0.500. The minimum Gasteiger partial charge on any atom is -0.374 e. The van der Waals surface area contributed by atoms with Gasteiger partial charge in [0.25, 0.3) is 0 Å². The highest BCUT2D eigenvalue weighted by Crippen LogP contribution is 2.20. The van der Waals surface area contributed by atoms with E-state index < -0.39 is 0 Å². The molecule has 1 aliphatic rings. The van der Waals surface area contributed by atoms with Gasteiger partial charge >= 0.3 is 0 Å². The molecule has 1 aromatic heterocycles. The zero-order valence-electron chi connectivity index (χ0n) is 6.72. The third kappa shape index (κ3) is 1.25. The van der Waals surface area contributed by atoms with Crippen LogP contribution in [-0.2, 0) is 0 Å². The van der Waals surface area contributed by atoms with Crippen LogP contribution in [0.5, 0.6) is 0 Å². The zero-order valence-corrected chi connectivity index (χ0v) is 6.72. The van der Waals surface area contributed by atoms with Crippen LogP contribution in [0.1, 0.15) is 12.8 Å². The lowest BCUT2D eigenvalue weighted by Gasteiger charge is -2.20. The fourth-order valence-corrected chi connectivity index (χ4v) is 1.47. The molecule has 2 rings (SSSR count). The highest BCUT2D eigenvalue weighted by molar-refractivity contribution is 5.38. The van der Waals surface area contributed by atoms with Crippen molar-refractivity contribution in [2.24, 2.45) is 0 Å². The van der Waals surface area contributed by atoms with Gasteiger partial charge in [0.15, 0.2) is 0 Å². The number of anilines is 1. The van der Waals surface area contributed by atoms with E-state index in [4.69, 9.17) is 0 Å². The third-order valence-electron chi connectivity index (χ3n) is 2.08. The number of aliphatic hydroxyl groups is 1. The van der Waals surface area contributed by atoms with E-state index >= 15 is 0 Å². The van der Waals surface area contributed by atoms with Crippen LogP contribution in [0.4, 0.5) is 5.82 Å². The second kappa shape index (κ2) is 3.06. The number of hydrogen-bond acceptors (Lipinski definition) is 4. The van der Waals surface area contributed by atoms with E-state index in [0.717, 1.165) is 25.2 Å². The average molecular weight is 165 g/mol. The van der Waals surface area contributed by atoms with Gasteiger partial charge in [0.1, 0.15) is 18.4 Å². The third-order valence-corrected chi connectivity index (χ3v) is 2.08. The number of aliphatic hydroxyl groups excluding tert-OH is 1. The van der Waals surface area contributed by atoms with Crippen LogP contribution >= 0.6 is 0 Å². The van der Waals surface area contributed by atoms with Crippen LogP contribution in [-0.4, -0.2) is 27.8 Å². The molecule has 0 aliphatic carbocycles. The maximum absolute atomic E-state index is 9.51. The summed E-state index contributed by atoms with van der Waals surface area (Å²) in [5, 5.41) is 9.51. The largest absolute Gasteiger partial charge is 0.374 e. The molecule has 1 atom stereocenters. The molecule has 0 saturated carbocycles. The summed E-state index contributed by atoms with van der Waals surface area (Å²) in [5.74, 6) is 0.815. The molecule has 1 unspecified atom stereocenters. The van der Waals surface area contributed by atoms with Crippen molar-refractivity contribution in [3.8, 4) is 0 Å². The smallest absolute Gasteiger partial charge is 0.133 e. The van der Waals surface area contributed by atoms with E-state index in [2.05, 4.69) is 9.97 Å². The van der Waals surface area contributed by atoms with Crippen molar-refractivity contribution in [2.45, 2.75) is 19.1 Å². The van der Waals surface area contributed by atoms with Gasteiger partial charge in [-0.25, -0.2) is 9.97 Å². The maximum atomic E-state index is 9.51. The van der Waals surface area contributed by atoms with Crippen LogP contribution in [0.2, 0.25) is 0 Å². The van der Waals surface area contributed by atoms with Gasteiger partial charge < -0.3 is 10.0 Å². The first-order valence-corrected chi connectivity index (χ1v) is 4.08. The molecule has 0 radical (unpaired) electrons. The van der Waals surface area contributed by atoms with Crippen molar-refractivity contribution in [3.63, 3.8) is 0 Å². The van der Waals surface area contributed by atoms with Crippen molar-refractivity contribution in [1.82, 2.24) is 9.97 Å². The summed E-state index contributed by atoms with van der Waals surface area (Å²) in [6.45, 7) is 0.887. The van der Waals surface area contributed by atoms with Crippen LogP contribution in [0.3, 0.4) is 0 Å². The van der Waals surface area contributed by atoms with Crippen LogP contribution in [0.25, 0.3) is 0 Å². The molecule has 1 N–H and O–H groups in total. The summed E-state index contributed by atoms with van der Waals surface area (Å²) >= 11 is 0. The Morgan fingerprint density at radius 2 is 2.50 bits per heavy atom. The van der Waals surface area contributed by atoms with Gasteiger partial charge in [-0.2, -0.15) is 0 Å². The summed E-state index contributed by atoms with van der Waals surface area (Å²) in [7, 11) is 0. The standard InChI is InChI=1S/C8H11N3O/c12-8-2-1-5-11(8)7-3-4-9-6-10-7/h3-4,6,8,12H,1-2,5H2. The molecule has 1 aliphatic heterocycles. The molecule has 1 saturated heterocycles. The van der Waals surface area contributed by atoms with E-state index in [1.54, 1.807) is 6.20 Å². The normalized spacial score (nSPS) is 23.1. The van der Waals surface area contributed by atoms with E-state index in [1.807, 2.05) is 11.0 Å². The molecule has 0 amide bonds. The van der Waals surface area contributed by atoms with Crippen molar-refractivity contribution >= 4 is 5.82 Å². The topological polar surface area (TPSA) is 49.2 Å². The van der Waals surface area contributed by atoms with Gasteiger partial charge in [0.05, 0.1) is 0 Å². The Balaban J connectivity index is 2.19. The van der Waals surface area contributed by atoms with Gasteiger partial charge in [-0.3, -0.25) is 0 Å². The van der Waals surface area contributed by atoms with Crippen LogP contribution < -0.4 is 4.90 Å². The first-order chi connectivity index (χ1) is 5.88. The van der Waals surface area contributed by atoms with Gasteiger partial charge in [-0.1, -0.05) is 0 Å². The molecule has 0 aromatic carbocycles. The Hall–Kier alpha value is -1.16. The predicted molar refractivity (Wildman–Crippen MR) is 44.6 cm³/mol. The minimum absolute atomic E-state index is 0.361. The quantitative estimate of drug-likeness (QED) is 0.654. The molecular formula is C8H11N3O. The lowest BCUT2D eigenvalue weighted by Crippen LogP contribution is -2.29. The Morgan fingerprint density at radius 3 is 3.08 bits per heavy atom. The molecular weight excluding hydrogens is 154 g/mol. The van der Waals surface area contributed by atoms with Gasteiger partial charge in [0, 0.05) is 12.7 Å². The zero-order chi connectivity index (χ0) is 8.39. The first-order valence-electron chi connectivity index (χ1n) is 4.08. The fourth-order valence-electron chi connectivity index (χ4n) is 1.47. The minimum atomic E-state index is -0.361. The second-order valence-corrected chi connectivity index (χ2v) is 2.88. The van der Waals surface area contributed by atoms with E-state index in [-0.39, 0.29) is 6.23 Å². The van der Waals surface area contributed by atoms with E-state index in [0.29, 0.717) is 0 Å². The number of rotatable bonds is 1. The van der Waals surface area contributed by atoms with E-state index in [9.17, 15) is 5.11 Å². The molecule has 2 heterocycles. The predicted octanol–water partition coefficient (Wildman–Crippen LogP) is 0.395. The van der Waals surface area contributed by atoms with Crippen molar-refractivity contribution < 1.29 is 5.11 Å². The maximum Gasteiger partial charge on any atom is 0.133 e.